The summed E-state index contributed by atoms with van der Waals surface area (Å²) in [6.07, 6.45) is 0.141. The quantitative estimate of drug-likeness (QED) is 0.632. The van der Waals surface area contributed by atoms with E-state index in [1.165, 1.54) is 7.11 Å². The Morgan fingerprint density at radius 3 is 2.47 bits per heavy atom. The number of ether oxygens (including phenoxy) is 2. The van der Waals surface area contributed by atoms with Crippen molar-refractivity contribution in [1.29, 1.82) is 0 Å². The van der Waals surface area contributed by atoms with E-state index >= 15 is 0 Å². The Morgan fingerprint density at radius 1 is 1.37 bits per heavy atom. The van der Waals surface area contributed by atoms with Gasteiger partial charge in [0.1, 0.15) is 5.60 Å². The summed E-state index contributed by atoms with van der Waals surface area (Å²) >= 11 is 11.3. The minimum absolute atomic E-state index is 0.141. The summed E-state index contributed by atoms with van der Waals surface area (Å²) in [7, 11) is 1.34. The molecule has 0 atom stereocenters. The van der Waals surface area contributed by atoms with E-state index in [9.17, 15) is 4.79 Å². The second kappa shape index (κ2) is 6.35. The van der Waals surface area contributed by atoms with Crippen LogP contribution in [0.1, 0.15) is 31.9 Å². The van der Waals surface area contributed by atoms with E-state index in [0.29, 0.717) is 15.6 Å². The van der Waals surface area contributed by atoms with Crippen molar-refractivity contribution >= 4 is 34.8 Å². The molecule has 0 heterocycles. The highest BCUT2D eigenvalue weighted by Crippen LogP contribution is 2.21. The van der Waals surface area contributed by atoms with E-state index in [1.54, 1.807) is 18.2 Å². The summed E-state index contributed by atoms with van der Waals surface area (Å²) in [4.78, 5) is 11.2. The molecule has 0 fully saturated rings. The van der Waals surface area contributed by atoms with E-state index in [2.05, 4.69) is 4.74 Å². The van der Waals surface area contributed by atoms with Gasteiger partial charge in [-0.3, -0.25) is 4.79 Å². The number of rotatable bonds is 3. The zero-order valence-electron chi connectivity index (χ0n) is 11.5. The normalized spacial score (nSPS) is 11.0. The van der Waals surface area contributed by atoms with Crippen LogP contribution in [0.25, 0.3) is 0 Å². The first-order valence-corrected chi connectivity index (χ1v) is 6.60. The van der Waals surface area contributed by atoms with Crippen LogP contribution in [0, 0.1) is 0 Å². The van der Waals surface area contributed by atoms with Crippen molar-refractivity contribution in [3.63, 3.8) is 0 Å². The molecule has 5 heteroatoms. The summed E-state index contributed by atoms with van der Waals surface area (Å²) < 4.78 is 10.2. The predicted octanol–water partition coefficient (Wildman–Crippen LogP) is 3.55. The number of hydrogen-bond acceptors (Lipinski definition) is 4. The van der Waals surface area contributed by atoms with Gasteiger partial charge in [-0.2, -0.15) is 0 Å². The van der Waals surface area contributed by atoms with Crippen LogP contribution in [-0.2, 0) is 20.7 Å². The number of esters is 1. The molecule has 0 radical (unpaired) electrons. The highest BCUT2D eigenvalue weighted by molar-refractivity contribution is 7.80. The number of halogens is 1. The molecule has 19 heavy (non-hydrogen) atoms. The van der Waals surface area contributed by atoms with E-state index in [4.69, 9.17) is 28.6 Å². The van der Waals surface area contributed by atoms with Gasteiger partial charge in [0.25, 0.3) is 0 Å². The highest BCUT2D eigenvalue weighted by atomic mass is 35.5. The summed E-state index contributed by atoms with van der Waals surface area (Å²) in [6, 6.07) is 5.25. The molecular formula is C14H17ClO3S. The van der Waals surface area contributed by atoms with Crippen LogP contribution in [0.3, 0.4) is 0 Å². The molecule has 0 aromatic heterocycles. The molecular weight excluding hydrogens is 284 g/mol. The second-order valence-corrected chi connectivity index (χ2v) is 5.84. The van der Waals surface area contributed by atoms with Crippen LogP contribution >= 0.6 is 23.8 Å². The lowest BCUT2D eigenvalue weighted by Crippen LogP contribution is -2.23. The van der Waals surface area contributed by atoms with Crippen LogP contribution in [-0.4, -0.2) is 23.7 Å². The Balaban J connectivity index is 2.87. The van der Waals surface area contributed by atoms with Crippen molar-refractivity contribution in [3.8, 4) is 0 Å². The van der Waals surface area contributed by atoms with Crippen LogP contribution < -0.4 is 0 Å². The number of carbonyl (C=O) groups excluding carboxylic acids is 1. The van der Waals surface area contributed by atoms with Crippen molar-refractivity contribution in [2.45, 2.75) is 32.8 Å². The number of thiocarbonyl (C=S) groups is 1. The van der Waals surface area contributed by atoms with Crippen molar-refractivity contribution in [2.24, 2.45) is 0 Å². The molecule has 1 aromatic rings. The van der Waals surface area contributed by atoms with Crippen LogP contribution in [0.2, 0.25) is 5.02 Å². The first-order valence-electron chi connectivity index (χ1n) is 5.81. The fourth-order valence-electron chi connectivity index (χ4n) is 1.38. The van der Waals surface area contributed by atoms with Gasteiger partial charge in [-0.25, -0.2) is 0 Å². The fraction of sp³-hybridized carbons (Fsp3) is 0.429. The monoisotopic (exact) mass is 300 g/mol. The number of hydrogen-bond donors (Lipinski definition) is 0. The average molecular weight is 301 g/mol. The number of benzene rings is 1. The lowest BCUT2D eigenvalue weighted by molar-refractivity contribution is -0.139. The molecule has 0 bridgehead atoms. The highest BCUT2D eigenvalue weighted by Gasteiger charge is 2.16. The minimum atomic E-state index is -0.353. The summed E-state index contributed by atoms with van der Waals surface area (Å²) in [5.41, 5.74) is 1.08. The lowest BCUT2D eigenvalue weighted by atomic mass is 10.1. The second-order valence-electron chi connectivity index (χ2n) is 5.06. The van der Waals surface area contributed by atoms with Crippen molar-refractivity contribution in [1.82, 2.24) is 0 Å². The summed E-state index contributed by atoms with van der Waals surface area (Å²) in [5, 5.41) is 0.863. The van der Waals surface area contributed by atoms with E-state index in [1.807, 2.05) is 20.8 Å². The Bertz CT molecular complexity index is 492. The first-order chi connectivity index (χ1) is 8.73. The molecule has 3 nitrogen and oxygen atoms in total. The maximum Gasteiger partial charge on any atom is 0.310 e. The molecule has 0 amide bonds. The van der Waals surface area contributed by atoms with Gasteiger partial charge in [0, 0.05) is 10.6 Å². The summed E-state index contributed by atoms with van der Waals surface area (Å²) in [6.45, 7) is 5.77. The van der Waals surface area contributed by atoms with Gasteiger partial charge in [-0.05, 0) is 50.7 Å². The minimum Gasteiger partial charge on any atom is -0.477 e. The summed E-state index contributed by atoms with van der Waals surface area (Å²) in [5.74, 6) is -0.330. The van der Waals surface area contributed by atoms with Gasteiger partial charge in [0.2, 0.25) is 0 Å². The van der Waals surface area contributed by atoms with Gasteiger partial charge in [0.15, 0.2) is 5.05 Å². The molecule has 0 aliphatic rings. The molecule has 0 saturated carbocycles. The largest absolute Gasteiger partial charge is 0.477 e. The molecule has 1 rings (SSSR count). The van der Waals surface area contributed by atoms with Gasteiger partial charge < -0.3 is 9.47 Å². The fourth-order valence-corrected chi connectivity index (χ4v) is 2.01. The molecule has 0 spiro atoms. The smallest absolute Gasteiger partial charge is 0.310 e. The van der Waals surface area contributed by atoms with Crippen LogP contribution in [0.5, 0.6) is 0 Å². The van der Waals surface area contributed by atoms with Gasteiger partial charge in [-0.1, -0.05) is 17.7 Å². The Labute approximate surface area is 123 Å². The SMILES string of the molecule is COC(=O)Cc1ccc(C(=S)OC(C)(C)C)cc1Cl. The zero-order valence-corrected chi connectivity index (χ0v) is 13.0. The Kier molecular flexibility index (Phi) is 5.32. The van der Waals surface area contributed by atoms with Gasteiger partial charge >= 0.3 is 5.97 Å². The number of carbonyl (C=O) groups is 1. The van der Waals surface area contributed by atoms with Gasteiger partial charge in [-0.15, -0.1) is 0 Å². The lowest BCUT2D eigenvalue weighted by Gasteiger charge is -2.21. The zero-order chi connectivity index (χ0) is 14.6. The van der Waals surface area contributed by atoms with Crippen molar-refractivity contribution < 1.29 is 14.3 Å². The molecule has 0 aliphatic heterocycles. The third-order valence-corrected chi connectivity index (χ3v) is 2.92. The molecule has 0 N–H and O–H groups in total. The topological polar surface area (TPSA) is 35.5 Å². The van der Waals surface area contributed by atoms with Gasteiger partial charge in [0.05, 0.1) is 13.5 Å². The van der Waals surface area contributed by atoms with Crippen molar-refractivity contribution in [2.75, 3.05) is 7.11 Å². The molecule has 0 unspecified atom stereocenters. The average Bonchev–Trinajstić information content (AvgIpc) is 2.29. The standard InChI is InChI=1S/C14H17ClO3S/c1-14(2,3)18-13(19)10-6-5-9(11(15)7-10)8-12(16)17-4/h5-7H,8H2,1-4H3. The maximum atomic E-state index is 11.2. The Hall–Kier alpha value is -1.13. The van der Waals surface area contributed by atoms with E-state index < -0.39 is 0 Å². The Morgan fingerprint density at radius 2 is 2.00 bits per heavy atom. The molecule has 0 saturated heterocycles. The predicted molar refractivity (Wildman–Crippen MR) is 79.7 cm³/mol. The van der Waals surface area contributed by atoms with E-state index in [-0.39, 0.29) is 18.0 Å². The molecule has 0 aliphatic carbocycles. The van der Waals surface area contributed by atoms with Crippen molar-refractivity contribution in [3.05, 3.63) is 34.3 Å². The third kappa shape index (κ3) is 5.17. The van der Waals surface area contributed by atoms with E-state index in [0.717, 1.165) is 5.56 Å². The molecule has 104 valence electrons. The molecule has 1 aromatic carbocycles. The first kappa shape index (κ1) is 15.9. The van der Waals surface area contributed by atoms with Crippen LogP contribution in [0.15, 0.2) is 18.2 Å². The maximum absolute atomic E-state index is 11.2. The van der Waals surface area contributed by atoms with Crippen LogP contribution in [0.4, 0.5) is 0 Å². The number of methoxy groups -OCH3 is 1. The third-order valence-electron chi connectivity index (χ3n) is 2.25.